The van der Waals surface area contributed by atoms with E-state index in [1.54, 1.807) is 18.7 Å². The Morgan fingerprint density at radius 2 is 1.82 bits per heavy atom. The zero-order valence-electron chi connectivity index (χ0n) is 21.1. The van der Waals surface area contributed by atoms with E-state index in [1.165, 1.54) is 5.56 Å². The molecular formula is C29H24N10. The summed E-state index contributed by atoms with van der Waals surface area (Å²) in [6, 6.07) is 16.4. The van der Waals surface area contributed by atoms with Gasteiger partial charge in [0.2, 0.25) is 0 Å². The predicted octanol–water partition coefficient (Wildman–Crippen LogP) is 4.74. The van der Waals surface area contributed by atoms with Crippen LogP contribution in [0.3, 0.4) is 0 Å². The molecule has 1 aromatic carbocycles. The number of rotatable bonds is 7. The first kappa shape index (κ1) is 22.9. The maximum atomic E-state index is 4.88. The minimum atomic E-state index is 0.627. The predicted molar refractivity (Wildman–Crippen MR) is 149 cm³/mol. The highest BCUT2D eigenvalue weighted by atomic mass is 15.2. The minimum absolute atomic E-state index is 0.627. The summed E-state index contributed by atoms with van der Waals surface area (Å²) in [4.78, 5) is 26.2. The third kappa shape index (κ3) is 4.42. The first-order chi connectivity index (χ1) is 19.2. The lowest BCUT2D eigenvalue weighted by molar-refractivity contribution is 0.691. The van der Waals surface area contributed by atoms with Crippen molar-refractivity contribution in [2.75, 3.05) is 0 Å². The van der Waals surface area contributed by atoms with Gasteiger partial charge in [0.1, 0.15) is 11.2 Å². The van der Waals surface area contributed by atoms with Crippen LogP contribution >= 0.6 is 0 Å². The van der Waals surface area contributed by atoms with Crippen LogP contribution in [-0.4, -0.2) is 44.7 Å². The molecule has 0 unspecified atom stereocenters. The quantitative estimate of drug-likeness (QED) is 0.282. The number of nitrogens with zero attached hydrogens (tertiary/aromatic N) is 7. The lowest BCUT2D eigenvalue weighted by Gasteiger charge is -2.07. The van der Waals surface area contributed by atoms with Crippen LogP contribution in [-0.2, 0) is 13.1 Å². The minimum Gasteiger partial charge on any atom is -0.321 e. The fourth-order valence-electron chi connectivity index (χ4n) is 4.70. The molecule has 0 amide bonds. The molecule has 10 nitrogen and oxygen atoms in total. The van der Waals surface area contributed by atoms with Gasteiger partial charge in [0.25, 0.3) is 0 Å². The molecule has 0 saturated heterocycles. The molecule has 0 fully saturated rings. The lowest BCUT2D eigenvalue weighted by atomic mass is 10.1. The van der Waals surface area contributed by atoms with Gasteiger partial charge in [0, 0.05) is 48.8 Å². The van der Waals surface area contributed by atoms with E-state index in [1.807, 2.05) is 60.4 Å². The summed E-state index contributed by atoms with van der Waals surface area (Å²) in [6.45, 7) is 3.46. The number of imidazole rings is 2. The zero-order chi connectivity index (χ0) is 26.2. The molecule has 6 heterocycles. The van der Waals surface area contributed by atoms with Crippen molar-refractivity contribution in [3.05, 3.63) is 103 Å². The Balaban J connectivity index is 1.20. The number of fused-ring (bicyclic) bond motifs is 2. The van der Waals surface area contributed by atoms with Crippen molar-refractivity contribution in [2.45, 2.75) is 20.0 Å². The SMILES string of the molecule is Cc1cn(-c2ccnc3[nH]c(-c4n[nH]c5cnc(-c6cncc(CNCc7ccccc7)c6)cc45)nc23)cn1. The van der Waals surface area contributed by atoms with Crippen LogP contribution in [0.15, 0.2) is 85.8 Å². The second-order valence-electron chi connectivity index (χ2n) is 9.39. The van der Waals surface area contributed by atoms with E-state index < -0.39 is 0 Å². The summed E-state index contributed by atoms with van der Waals surface area (Å²) in [7, 11) is 0. The Kier molecular flexibility index (Phi) is 5.64. The number of aromatic amines is 2. The van der Waals surface area contributed by atoms with Gasteiger partial charge in [-0.1, -0.05) is 30.3 Å². The molecule has 0 radical (unpaired) electrons. The molecular weight excluding hydrogens is 488 g/mol. The maximum Gasteiger partial charge on any atom is 0.161 e. The van der Waals surface area contributed by atoms with Crippen LogP contribution in [0.25, 0.3) is 50.5 Å². The van der Waals surface area contributed by atoms with Crippen molar-refractivity contribution < 1.29 is 0 Å². The lowest BCUT2D eigenvalue weighted by Crippen LogP contribution is -2.12. The number of aryl methyl sites for hydroxylation is 1. The van der Waals surface area contributed by atoms with E-state index in [0.29, 0.717) is 23.7 Å². The number of hydrogen-bond donors (Lipinski definition) is 3. The highest BCUT2D eigenvalue weighted by Crippen LogP contribution is 2.30. The van der Waals surface area contributed by atoms with E-state index in [2.05, 4.69) is 58.6 Å². The summed E-state index contributed by atoms with van der Waals surface area (Å²) in [5.41, 5.74) is 8.86. The number of benzene rings is 1. The van der Waals surface area contributed by atoms with Gasteiger partial charge < -0.3 is 14.9 Å². The number of H-pyrrole nitrogens is 2. The molecule has 0 aliphatic carbocycles. The largest absolute Gasteiger partial charge is 0.321 e. The number of pyridine rings is 3. The summed E-state index contributed by atoms with van der Waals surface area (Å²) >= 11 is 0. The van der Waals surface area contributed by atoms with Gasteiger partial charge in [-0.25, -0.2) is 15.0 Å². The van der Waals surface area contributed by atoms with Gasteiger partial charge in [-0.3, -0.25) is 15.1 Å². The molecule has 0 aliphatic heterocycles. The molecule has 7 rings (SSSR count). The van der Waals surface area contributed by atoms with Crippen LogP contribution < -0.4 is 5.32 Å². The van der Waals surface area contributed by atoms with E-state index in [4.69, 9.17) is 4.98 Å². The molecule has 10 heteroatoms. The fraction of sp³-hybridized carbons (Fsp3) is 0.103. The normalized spacial score (nSPS) is 11.5. The van der Waals surface area contributed by atoms with E-state index in [-0.39, 0.29) is 0 Å². The second kappa shape index (κ2) is 9.58. The Hall–Kier alpha value is -5.22. The highest BCUT2D eigenvalue weighted by molar-refractivity contribution is 5.95. The standard InChI is InChI=1S/C29H24N10/c1-18-16-39(17-34-18)25-7-8-32-28-27(25)35-29(36-28)26-22-10-23(33-15-24(22)37-38-26)21-9-20(13-31-14-21)12-30-11-19-5-3-2-4-6-19/h2-10,13-17,30H,11-12H2,1H3,(H,37,38)(H,32,35,36). The van der Waals surface area contributed by atoms with Gasteiger partial charge >= 0.3 is 0 Å². The zero-order valence-corrected chi connectivity index (χ0v) is 21.1. The smallest absolute Gasteiger partial charge is 0.161 e. The van der Waals surface area contributed by atoms with Gasteiger partial charge in [-0.2, -0.15) is 5.10 Å². The van der Waals surface area contributed by atoms with Crippen molar-refractivity contribution in [3.8, 4) is 28.5 Å². The Morgan fingerprint density at radius 1 is 0.923 bits per heavy atom. The molecule has 0 atom stereocenters. The van der Waals surface area contributed by atoms with Crippen molar-refractivity contribution >= 4 is 22.1 Å². The summed E-state index contributed by atoms with van der Waals surface area (Å²) in [5, 5.41) is 12.0. The summed E-state index contributed by atoms with van der Waals surface area (Å²) in [6.07, 6.45) is 11.0. The molecule has 7 aromatic rings. The highest BCUT2D eigenvalue weighted by Gasteiger charge is 2.17. The van der Waals surface area contributed by atoms with Gasteiger partial charge in [-0.15, -0.1) is 0 Å². The average molecular weight is 513 g/mol. The Labute approximate surface area is 223 Å². The van der Waals surface area contributed by atoms with E-state index in [9.17, 15) is 0 Å². The van der Waals surface area contributed by atoms with Gasteiger partial charge in [-0.05, 0) is 36.2 Å². The molecule has 0 saturated carbocycles. The fourth-order valence-corrected chi connectivity index (χ4v) is 4.70. The second-order valence-corrected chi connectivity index (χ2v) is 9.39. The van der Waals surface area contributed by atoms with Crippen LogP contribution in [0, 0.1) is 6.92 Å². The van der Waals surface area contributed by atoms with Crippen molar-refractivity contribution in [2.24, 2.45) is 0 Å². The summed E-state index contributed by atoms with van der Waals surface area (Å²) < 4.78 is 1.95. The molecule has 39 heavy (non-hydrogen) atoms. The van der Waals surface area contributed by atoms with Crippen molar-refractivity contribution in [1.29, 1.82) is 0 Å². The van der Waals surface area contributed by atoms with Crippen LogP contribution in [0.2, 0.25) is 0 Å². The Bertz CT molecular complexity index is 1920. The van der Waals surface area contributed by atoms with Crippen LogP contribution in [0.1, 0.15) is 16.8 Å². The number of hydrogen-bond acceptors (Lipinski definition) is 7. The molecule has 0 spiro atoms. The summed E-state index contributed by atoms with van der Waals surface area (Å²) in [5.74, 6) is 0.627. The topological polar surface area (TPSA) is 126 Å². The van der Waals surface area contributed by atoms with Crippen LogP contribution in [0.4, 0.5) is 0 Å². The third-order valence-electron chi connectivity index (χ3n) is 6.62. The third-order valence-corrected chi connectivity index (χ3v) is 6.62. The molecule has 0 bridgehead atoms. The number of aromatic nitrogens is 9. The molecule has 3 N–H and O–H groups in total. The maximum absolute atomic E-state index is 4.88. The first-order valence-electron chi connectivity index (χ1n) is 12.6. The van der Waals surface area contributed by atoms with Gasteiger partial charge in [0.15, 0.2) is 11.5 Å². The molecule has 6 aromatic heterocycles. The monoisotopic (exact) mass is 512 g/mol. The van der Waals surface area contributed by atoms with Crippen LogP contribution in [0.5, 0.6) is 0 Å². The van der Waals surface area contributed by atoms with Crippen molar-refractivity contribution in [3.63, 3.8) is 0 Å². The average Bonchev–Trinajstić information content (AvgIpc) is 3.71. The Morgan fingerprint density at radius 3 is 2.69 bits per heavy atom. The van der Waals surface area contributed by atoms with E-state index in [0.717, 1.165) is 51.2 Å². The van der Waals surface area contributed by atoms with Gasteiger partial charge in [0.05, 0.1) is 35.1 Å². The molecule has 190 valence electrons. The molecule has 0 aliphatic rings. The van der Waals surface area contributed by atoms with E-state index >= 15 is 0 Å². The number of nitrogens with one attached hydrogen (secondary N) is 3. The van der Waals surface area contributed by atoms with Crippen molar-refractivity contribution in [1.82, 2.24) is 50.0 Å². The first-order valence-corrected chi connectivity index (χ1v) is 12.6.